The van der Waals surface area contributed by atoms with Crippen LogP contribution in [0.3, 0.4) is 0 Å². The van der Waals surface area contributed by atoms with Gasteiger partial charge in [0.25, 0.3) is 0 Å². The van der Waals surface area contributed by atoms with Gasteiger partial charge in [-0.1, -0.05) is 44.2 Å². The van der Waals surface area contributed by atoms with Gasteiger partial charge in [-0.05, 0) is 49.2 Å². The zero-order valence-corrected chi connectivity index (χ0v) is 22.3. The number of nitrogens with two attached hydrogens (primary N) is 1. The van der Waals surface area contributed by atoms with E-state index in [2.05, 4.69) is 16.0 Å². The Morgan fingerprint density at radius 2 is 1.41 bits per heavy atom. The molecule has 4 unspecified atom stereocenters. The van der Waals surface area contributed by atoms with Gasteiger partial charge in [0.05, 0.1) is 6.04 Å². The molecule has 0 saturated carbocycles. The van der Waals surface area contributed by atoms with Crippen molar-refractivity contribution in [2.75, 3.05) is 12.0 Å². The molecule has 0 fully saturated rings. The molecule has 4 atom stereocenters. The number of nitrogens with one attached hydrogen (secondary N) is 3. The maximum Gasteiger partial charge on any atom is 0.326 e. The molecule has 0 saturated heterocycles. The molecule has 12 heteroatoms. The summed E-state index contributed by atoms with van der Waals surface area (Å²) in [6.07, 6.45) is 1.82. The summed E-state index contributed by atoms with van der Waals surface area (Å²) < 4.78 is 0. The van der Waals surface area contributed by atoms with Crippen LogP contribution >= 0.6 is 11.8 Å². The molecule has 0 heterocycles. The van der Waals surface area contributed by atoms with Gasteiger partial charge in [-0.15, -0.1) is 0 Å². The number of carbonyl (C=O) groups is 5. The van der Waals surface area contributed by atoms with E-state index in [-0.39, 0.29) is 31.6 Å². The van der Waals surface area contributed by atoms with Crippen LogP contribution in [-0.2, 0) is 30.4 Å². The third-order valence-corrected chi connectivity index (χ3v) is 6.12. The smallest absolute Gasteiger partial charge is 0.326 e. The van der Waals surface area contributed by atoms with Crippen molar-refractivity contribution >= 4 is 41.4 Å². The molecular formula is C25H38N4O7S. The number of amides is 3. The SMILES string of the molecule is CSCCC(NC(=O)C(N)Cc1ccccc1)C(=O)NC(CCC(=O)O)C(=O)NC(CC(C)C)C(=O)O. The Labute approximate surface area is 221 Å². The lowest BCUT2D eigenvalue weighted by atomic mass is 10.0. The number of aliphatic carboxylic acids is 2. The first kappa shape index (κ1) is 31.9. The van der Waals surface area contributed by atoms with Crippen molar-refractivity contribution in [3.63, 3.8) is 0 Å². The monoisotopic (exact) mass is 538 g/mol. The largest absolute Gasteiger partial charge is 0.481 e. The summed E-state index contributed by atoms with van der Waals surface area (Å²) in [5.74, 6) is -3.95. The van der Waals surface area contributed by atoms with E-state index in [0.717, 1.165) is 5.56 Å². The van der Waals surface area contributed by atoms with Crippen molar-refractivity contribution in [3.8, 4) is 0 Å². The first-order valence-electron chi connectivity index (χ1n) is 12.1. The second-order valence-corrected chi connectivity index (χ2v) is 10.1. The number of carbonyl (C=O) groups excluding carboxylic acids is 3. The van der Waals surface area contributed by atoms with Gasteiger partial charge >= 0.3 is 11.9 Å². The highest BCUT2D eigenvalue weighted by Crippen LogP contribution is 2.09. The molecule has 0 aliphatic rings. The van der Waals surface area contributed by atoms with E-state index in [9.17, 15) is 29.1 Å². The summed E-state index contributed by atoms with van der Waals surface area (Å²) in [5, 5.41) is 26.0. The molecule has 0 aliphatic heterocycles. The Balaban J connectivity index is 2.97. The maximum absolute atomic E-state index is 13.1. The molecule has 0 radical (unpaired) electrons. The summed E-state index contributed by atoms with van der Waals surface area (Å²) in [4.78, 5) is 61.4. The van der Waals surface area contributed by atoms with Crippen molar-refractivity contribution in [3.05, 3.63) is 35.9 Å². The Kier molecular flexibility index (Phi) is 14.3. The summed E-state index contributed by atoms with van der Waals surface area (Å²) in [5.41, 5.74) is 6.90. The lowest BCUT2D eigenvalue weighted by Crippen LogP contribution is -2.57. The van der Waals surface area contributed by atoms with Gasteiger partial charge in [0.2, 0.25) is 17.7 Å². The summed E-state index contributed by atoms with van der Waals surface area (Å²) in [7, 11) is 0. The lowest BCUT2D eigenvalue weighted by molar-refractivity contribution is -0.143. The average molecular weight is 539 g/mol. The van der Waals surface area contributed by atoms with Crippen molar-refractivity contribution in [2.24, 2.45) is 11.7 Å². The second-order valence-electron chi connectivity index (χ2n) is 9.16. The number of thioether (sulfide) groups is 1. The van der Waals surface area contributed by atoms with Crippen LogP contribution in [0.2, 0.25) is 0 Å². The number of benzene rings is 1. The molecule has 206 valence electrons. The molecule has 37 heavy (non-hydrogen) atoms. The highest BCUT2D eigenvalue weighted by atomic mass is 32.2. The van der Waals surface area contributed by atoms with Crippen LogP contribution in [0.4, 0.5) is 0 Å². The number of rotatable bonds is 17. The molecule has 0 aromatic heterocycles. The van der Waals surface area contributed by atoms with Crippen LogP contribution in [0, 0.1) is 5.92 Å². The van der Waals surface area contributed by atoms with Crippen LogP contribution < -0.4 is 21.7 Å². The van der Waals surface area contributed by atoms with E-state index >= 15 is 0 Å². The fraction of sp³-hybridized carbons (Fsp3) is 0.560. The first-order valence-corrected chi connectivity index (χ1v) is 13.5. The van der Waals surface area contributed by atoms with Crippen molar-refractivity contribution in [2.45, 2.75) is 70.1 Å². The Morgan fingerprint density at radius 1 is 0.865 bits per heavy atom. The maximum atomic E-state index is 13.1. The molecule has 0 spiro atoms. The number of carboxylic acids is 2. The zero-order valence-electron chi connectivity index (χ0n) is 21.4. The van der Waals surface area contributed by atoms with Gasteiger partial charge in [-0.3, -0.25) is 19.2 Å². The number of hydrogen-bond acceptors (Lipinski definition) is 7. The minimum atomic E-state index is -1.30. The summed E-state index contributed by atoms with van der Waals surface area (Å²) in [6, 6.07) is 4.74. The summed E-state index contributed by atoms with van der Waals surface area (Å²) >= 11 is 1.46. The predicted octanol–water partition coefficient (Wildman–Crippen LogP) is 0.759. The second kappa shape index (κ2) is 16.6. The predicted molar refractivity (Wildman–Crippen MR) is 141 cm³/mol. The van der Waals surface area contributed by atoms with Crippen molar-refractivity contribution in [1.29, 1.82) is 0 Å². The number of carboxylic acid groups (broad SMARTS) is 2. The van der Waals surface area contributed by atoms with Gasteiger partial charge in [-0.25, -0.2) is 4.79 Å². The molecule has 1 aromatic carbocycles. The minimum absolute atomic E-state index is 0.0281. The van der Waals surface area contributed by atoms with Crippen molar-refractivity contribution in [1.82, 2.24) is 16.0 Å². The quantitative estimate of drug-likeness (QED) is 0.166. The Hall–Kier alpha value is -3.12. The van der Waals surface area contributed by atoms with E-state index in [1.54, 1.807) is 13.8 Å². The van der Waals surface area contributed by atoms with Crippen LogP contribution in [0.25, 0.3) is 0 Å². The highest BCUT2D eigenvalue weighted by Gasteiger charge is 2.30. The van der Waals surface area contributed by atoms with E-state index in [1.165, 1.54) is 11.8 Å². The molecule has 1 rings (SSSR count). The number of hydrogen-bond donors (Lipinski definition) is 6. The third-order valence-electron chi connectivity index (χ3n) is 5.48. The van der Waals surface area contributed by atoms with Crippen molar-refractivity contribution < 1.29 is 34.2 Å². The van der Waals surface area contributed by atoms with Crippen LogP contribution in [-0.4, -0.2) is 76.0 Å². The van der Waals surface area contributed by atoms with Gasteiger partial charge in [0.1, 0.15) is 18.1 Å². The van der Waals surface area contributed by atoms with Gasteiger partial charge < -0.3 is 31.9 Å². The minimum Gasteiger partial charge on any atom is -0.481 e. The van der Waals surface area contributed by atoms with Crippen LogP contribution in [0.15, 0.2) is 30.3 Å². The summed E-state index contributed by atoms with van der Waals surface area (Å²) in [6.45, 7) is 3.60. The molecule has 7 N–H and O–H groups in total. The Morgan fingerprint density at radius 3 is 1.92 bits per heavy atom. The average Bonchev–Trinajstić information content (AvgIpc) is 2.83. The van der Waals surface area contributed by atoms with E-state index in [1.807, 2.05) is 36.6 Å². The fourth-order valence-corrected chi connectivity index (χ4v) is 3.99. The zero-order chi connectivity index (χ0) is 28.0. The molecule has 3 amide bonds. The molecule has 0 bridgehead atoms. The van der Waals surface area contributed by atoms with Gasteiger partial charge in [0.15, 0.2) is 0 Å². The fourth-order valence-electron chi connectivity index (χ4n) is 3.52. The molecule has 11 nitrogen and oxygen atoms in total. The lowest BCUT2D eigenvalue weighted by Gasteiger charge is -2.25. The molecule has 0 aliphatic carbocycles. The van der Waals surface area contributed by atoms with Crippen LogP contribution in [0.1, 0.15) is 45.1 Å². The standard InChI is InChI=1S/C25H38N4O7S/c1-15(2)13-20(25(35)36)29-23(33)18(9-10-21(30)31)28-24(34)19(11-12-37-3)27-22(32)17(26)14-16-7-5-4-6-8-16/h4-8,15,17-20H,9-14,26H2,1-3H3,(H,27,32)(H,28,34)(H,29,33)(H,30,31)(H,35,36). The van der Waals surface area contributed by atoms with E-state index < -0.39 is 60.2 Å². The molecule has 1 aromatic rings. The van der Waals surface area contributed by atoms with E-state index in [4.69, 9.17) is 10.8 Å². The first-order chi connectivity index (χ1) is 17.4. The van der Waals surface area contributed by atoms with Crippen LogP contribution in [0.5, 0.6) is 0 Å². The third kappa shape index (κ3) is 12.6. The Bertz CT molecular complexity index is 914. The topological polar surface area (TPSA) is 188 Å². The van der Waals surface area contributed by atoms with Gasteiger partial charge in [0, 0.05) is 6.42 Å². The normalized spacial score (nSPS) is 14.2. The highest BCUT2D eigenvalue weighted by molar-refractivity contribution is 7.98. The molecular weight excluding hydrogens is 500 g/mol. The van der Waals surface area contributed by atoms with Gasteiger partial charge in [-0.2, -0.15) is 11.8 Å². The van der Waals surface area contributed by atoms with E-state index in [0.29, 0.717) is 5.75 Å².